The van der Waals surface area contributed by atoms with E-state index in [-0.39, 0.29) is 0 Å². The number of nitrogens with zero attached hydrogens (tertiary/aromatic N) is 1. The zero-order chi connectivity index (χ0) is 9.80. The van der Waals surface area contributed by atoms with Gasteiger partial charge in [0.1, 0.15) is 5.82 Å². The zero-order valence-electron chi connectivity index (χ0n) is 8.79. The summed E-state index contributed by atoms with van der Waals surface area (Å²) in [5.74, 6) is 1.98. The number of H-pyrrole nitrogens is 1. The van der Waals surface area contributed by atoms with Crippen LogP contribution < -0.4 is 5.32 Å². The van der Waals surface area contributed by atoms with Crippen LogP contribution in [0.1, 0.15) is 39.0 Å². The first-order chi connectivity index (χ1) is 6.84. The average molecular weight is 193 g/mol. The van der Waals surface area contributed by atoms with Crippen LogP contribution in [0, 0.1) is 5.92 Å². The second-order valence-electron chi connectivity index (χ2n) is 4.40. The van der Waals surface area contributed by atoms with Crippen LogP contribution in [0.15, 0.2) is 12.5 Å². The lowest BCUT2D eigenvalue weighted by atomic mass is 9.99. The standard InChI is InChI=1S/C11H19N3/c1-9(6-10-4-2-3-5-10)14-11-7-12-8-13-11/h7-10,14H,2-6H2,1H3,(H,12,13). The number of rotatable bonds is 4. The Balaban J connectivity index is 1.75. The largest absolute Gasteiger partial charge is 0.368 e. The molecule has 1 aromatic rings. The minimum absolute atomic E-state index is 0.554. The van der Waals surface area contributed by atoms with E-state index < -0.39 is 0 Å². The molecular formula is C11H19N3. The molecule has 0 bridgehead atoms. The Morgan fingerprint density at radius 3 is 3.00 bits per heavy atom. The van der Waals surface area contributed by atoms with Gasteiger partial charge in [0.25, 0.3) is 0 Å². The Morgan fingerprint density at radius 2 is 2.36 bits per heavy atom. The molecule has 14 heavy (non-hydrogen) atoms. The summed E-state index contributed by atoms with van der Waals surface area (Å²) in [4.78, 5) is 7.06. The van der Waals surface area contributed by atoms with Crippen molar-refractivity contribution in [2.75, 3.05) is 5.32 Å². The van der Waals surface area contributed by atoms with E-state index in [2.05, 4.69) is 22.2 Å². The van der Waals surface area contributed by atoms with Gasteiger partial charge in [-0.2, -0.15) is 0 Å². The highest BCUT2D eigenvalue weighted by Crippen LogP contribution is 2.28. The van der Waals surface area contributed by atoms with Crippen molar-refractivity contribution in [2.24, 2.45) is 5.92 Å². The summed E-state index contributed by atoms with van der Waals surface area (Å²) >= 11 is 0. The topological polar surface area (TPSA) is 40.7 Å². The van der Waals surface area contributed by atoms with Gasteiger partial charge in [-0.1, -0.05) is 25.7 Å². The van der Waals surface area contributed by atoms with Crippen LogP contribution in [-0.4, -0.2) is 16.0 Å². The molecule has 1 heterocycles. The first kappa shape index (κ1) is 9.56. The van der Waals surface area contributed by atoms with Gasteiger partial charge in [-0.05, 0) is 19.3 Å². The van der Waals surface area contributed by atoms with Gasteiger partial charge in [-0.25, -0.2) is 4.98 Å². The molecule has 3 nitrogen and oxygen atoms in total. The highest BCUT2D eigenvalue weighted by Gasteiger charge is 2.17. The Hall–Kier alpha value is -0.990. The molecule has 78 valence electrons. The number of hydrogen-bond acceptors (Lipinski definition) is 2. The maximum atomic E-state index is 3.99. The van der Waals surface area contributed by atoms with E-state index in [1.807, 2.05) is 6.20 Å². The predicted octanol–water partition coefficient (Wildman–Crippen LogP) is 2.79. The molecule has 3 heteroatoms. The van der Waals surface area contributed by atoms with E-state index in [9.17, 15) is 0 Å². The molecule has 2 N–H and O–H groups in total. The summed E-state index contributed by atoms with van der Waals surface area (Å²) in [5, 5.41) is 3.43. The summed E-state index contributed by atoms with van der Waals surface area (Å²) in [7, 11) is 0. The monoisotopic (exact) mass is 193 g/mol. The molecule has 0 spiro atoms. The van der Waals surface area contributed by atoms with E-state index in [1.165, 1.54) is 32.1 Å². The van der Waals surface area contributed by atoms with Gasteiger partial charge in [0.05, 0.1) is 12.5 Å². The molecule has 1 aliphatic carbocycles. The molecule has 1 saturated carbocycles. The van der Waals surface area contributed by atoms with Crippen LogP contribution in [0.25, 0.3) is 0 Å². The van der Waals surface area contributed by atoms with E-state index in [0.717, 1.165) is 11.7 Å². The number of aromatic nitrogens is 2. The molecule has 0 aromatic carbocycles. The molecule has 1 fully saturated rings. The number of imidazole rings is 1. The number of nitrogens with one attached hydrogen (secondary N) is 2. The van der Waals surface area contributed by atoms with Crippen molar-refractivity contribution < 1.29 is 0 Å². The third kappa shape index (κ3) is 2.50. The first-order valence-corrected chi connectivity index (χ1v) is 5.59. The van der Waals surface area contributed by atoms with Gasteiger partial charge in [-0.15, -0.1) is 0 Å². The molecule has 1 aromatic heterocycles. The van der Waals surface area contributed by atoms with E-state index in [1.54, 1.807) is 6.33 Å². The molecule has 1 aliphatic rings. The summed E-state index contributed by atoms with van der Waals surface area (Å²) in [6.45, 7) is 2.25. The summed E-state index contributed by atoms with van der Waals surface area (Å²) < 4.78 is 0. The Morgan fingerprint density at radius 1 is 1.57 bits per heavy atom. The second-order valence-corrected chi connectivity index (χ2v) is 4.40. The maximum absolute atomic E-state index is 3.99. The highest BCUT2D eigenvalue weighted by molar-refractivity contribution is 5.31. The van der Waals surface area contributed by atoms with E-state index in [0.29, 0.717) is 6.04 Å². The Kier molecular flexibility index (Phi) is 3.07. The van der Waals surface area contributed by atoms with Crippen molar-refractivity contribution in [1.82, 2.24) is 9.97 Å². The quantitative estimate of drug-likeness (QED) is 0.772. The first-order valence-electron chi connectivity index (χ1n) is 5.59. The van der Waals surface area contributed by atoms with Crippen molar-refractivity contribution in [3.63, 3.8) is 0 Å². The van der Waals surface area contributed by atoms with Crippen molar-refractivity contribution in [3.8, 4) is 0 Å². The van der Waals surface area contributed by atoms with Gasteiger partial charge in [0.2, 0.25) is 0 Å². The van der Waals surface area contributed by atoms with Gasteiger partial charge >= 0.3 is 0 Å². The van der Waals surface area contributed by atoms with Crippen molar-refractivity contribution in [3.05, 3.63) is 12.5 Å². The van der Waals surface area contributed by atoms with Crippen LogP contribution in [0.5, 0.6) is 0 Å². The average Bonchev–Trinajstić information content (AvgIpc) is 2.76. The van der Waals surface area contributed by atoms with Crippen LogP contribution in [0.4, 0.5) is 5.82 Å². The van der Waals surface area contributed by atoms with Crippen molar-refractivity contribution >= 4 is 5.82 Å². The molecule has 1 unspecified atom stereocenters. The normalized spacial score (nSPS) is 19.8. The lowest BCUT2D eigenvalue weighted by Gasteiger charge is -2.17. The maximum Gasteiger partial charge on any atom is 0.123 e. The Labute approximate surface area is 85.3 Å². The molecule has 0 radical (unpaired) electrons. The summed E-state index contributed by atoms with van der Waals surface area (Å²) in [5.41, 5.74) is 0. The van der Waals surface area contributed by atoms with E-state index >= 15 is 0 Å². The smallest absolute Gasteiger partial charge is 0.123 e. The summed E-state index contributed by atoms with van der Waals surface area (Å²) in [6, 6.07) is 0.554. The highest BCUT2D eigenvalue weighted by atomic mass is 15.1. The zero-order valence-corrected chi connectivity index (χ0v) is 8.79. The van der Waals surface area contributed by atoms with Crippen LogP contribution in [0.3, 0.4) is 0 Å². The molecular weight excluding hydrogens is 174 g/mol. The molecule has 0 amide bonds. The number of hydrogen-bond donors (Lipinski definition) is 2. The Bertz CT molecular complexity index is 250. The summed E-state index contributed by atoms with van der Waals surface area (Å²) in [6.07, 6.45) is 10.6. The number of aromatic amines is 1. The minimum atomic E-state index is 0.554. The van der Waals surface area contributed by atoms with Gasteiger partial charge in [-0.3, -0.25) is 0 Å². The van der Waals surface area contributed by atoms with Gasteiger partial charge < -0.3 is 10.3 Å². The third-order valence-electron chi connectivity index (χ3n) is 3.06. The number of anilines is 1. The van der Waals surface area contributed by atoms with Crippen LogP contribution in [-0.2, 0) is 0 Å². The van der Waals surface area contributed by atoms with Gasteiger partial charge in [0.15, 0.2) is 0 Å². The molecule has 1 atom stereocenters. The molecule has 2 rings (SSSR count). The third-order valence-corrected chi connectivity index (χ3v) is 3.06. The van der Waals surface area contributed by atoms with Crippen molar-refractivity contribution in [2.45, 2.75) is 45.1 Å². The fraction of sp³-hybridized carbons (Fsp3) is 0.727. The second kappa shape index (κ2) is 4.49. The fourth-order valence-electron chi connectivity index (χ4n) is 2.41. The van der Waals surface area contributed by atoms with E-state index in [4.69, 9.17) is 0 Å². The SMILES string of the molecule is CC(CC1CCCC1)Nc1cnc[nH]1. The van der Waals surface area contributed by atoms with Crippen molar-refractivity contribution in [1.29, 1.82) is 0 Å². The van der Waals surface area contributed by atoms with Crippen LogP contribution in [0.2, 0.25) is 0 Å². The fourth-order valence-corrected chi connectivity index (χ4v) is 2.41. The van der Waals surface area contributed by atoms with Crippen LogP contribution >= 0.6 is 0 Å². The lowest BCUT2D eigenvalue weighted by Crippen LogP contribution is -2.18. The van der Waals surface area contributed by atoms with Gasteiger partial charge in [0, 0.05) is 6.04 Å². The predicted molar refractivity (Wildman–Crippen MR) is 58.2 cm³/mol. The molecule has 0 saturated heterocycles. The minimum Gasteiger partial charge on any atom is -0.368 e. The lowest BCUT2D eigenvalue weighted by molar-refractivity contribution is 0.472. The molecule has 0 aliphatic heterocycles.